The smallest absolute Gasteiger partial charge is 0.320 e. The van der Waals surface area contributed by atoms with Gasteiger partial charge in [-0.25, -0.2) is 9.89 Å². The molecule has 2 unspecified atom stereocenters. The highest BCUT2D eigenvalue weighted by Crippen LogP contribution is 2.46. The Labute approximate surface area is 236 Å². The second-order valence-corrected chi connectivity index (χ2v) is 10.6. The molecule has 1 fully saturated rings. The Kier molecular flexibility index (Phi) is 7.95. The fourth-order valence-electron chi connectivity index (χ4n) is 6.23. The third kappa shape index (κ3) is 5.60. The summed E-state index contributed by atoms with van der Waals surface area (Å²) in [6.45, 7) is 1.59. The molecule has 214 valence electrons. The molecule has 5 rings (SSSR count). The summed E-state index contributed by atoms with van der Waals surface area (Å²) < 4.78 is 0. The summed E-state index contributed by atoms with van der Waals surface area (Å²) in [7, 11) is 0. The van der Waals surface area contributed by atoms with Crippen LogP contribution in [-0.2, 0) is 14.4 Å². The Balaban J connectivity index is 1.62. The molecule has 5 N–H and O–H groups in total. The van der Waals surface area contributed by atoms with Gasteiger partial charge in [-0.1, -0.05) is 42.6 Å². The molecule has 1 aromatic heterocycles. The van der Waals surface area contributed by atoms with E-state index in [4.69, 9.17) is 11.5 Å². The van der Waals surface area contributed by atoms with Gasteiger partial charge in [0.25, 0.3) is 11.9 Å². The van der Waals surface area contributed by atoms with Crippen molar-refractivity contribution in [3.05, 3.63) is 53.6 Å². The number of aromatic amines is 1. The highest BCUT2D eigenvalue weighted by molar-refractivity contribution is 6.08. The number of nitrogens with zero attached hydrogens (tertiary/aromatic N) is 6. The minimum atomic E-state index is -1.03. The highest BCUT2D eigenvalue weighted by atomic mass is 16.2. The zero-order valence-corrected chi connectivity index (χ0v) is 22.8. The third-order valence-electron chi connectivity index (χ3n) is 8.04. The van der Waals surface area contributed by atoms with Crippen LogP contribution in [0, 0.1) is 12.8 Å². The molecular weight excluding hydrogens is 526 g/mol. The van der Waals surface area contributed by atoms with Gasteiger partial charge in [0.1, 0.15) is 12.6 Å². The van der Waals surface area contributed by atoms with Crippen LogP contribution in [0.25, 0.3) is 0 Å². The van der Waals surface area contributed by atoms with Crippen LogP contribution in [-0.4, -0.2) is 57.5 Å². The van der Waals surface area contributed by atoms with Crippen LogP contribution >= 0.6 is 0 Å². The molecule has 1 saturated carbocycles. The van der Waals surface area contributed by atoms with Gasteiger partial charge >= 0.3 is 6.03 Å². The van der Waals surface area contributed by atoms with Crippen LogP contribution in [0.1, 0.15) is 55.6 Å². The predicted octanol–water partition coefficient (Wildman–Crippen LogP) is 2.64. The molecule has 2 heterocycles. The Bertz CT molecular complexity index is 1440. The van der Waals surface area contributed by atoms with E-state index in [-0.39, 0.29) is 18.4 Å². The number of carbonyl (C=O) groups excluding carboxylic acids is 4. The second-order valence-electron chi connectivity index (χ2n) is 10.6. The number of urea groups is 1. The summed E-state index contributed by atoms with van der Waals surface area (Å²) in [5.74, 6) is -0.821. The van der Waals surface area contributed by atoms with Crippen molar-refractivity contribution in [2.45, 2.75) is 57.4 Å². The lowest BCUT2D eigenvalue weighted by Crippen LogP contribution is -2.54. The van der Waals surface area contributed by atoms with Crippen molar-refractivity contribution in [2.75, 3.05) is 21.2 Å². The SMILES string of the molecule is Cc1ccc2c(c1)N(CC(N)=O)C(=O)C(N(C(N)=O)c1cccc(N(C=O)c3nnn[nH]3)c1)CC2C1CCCCC1. The first-order valence-corrected chi connectivity index (χ1v) is 13.7. The number of rotatable bonds is 8. The number of aryl methyl sites for hydroxylation is 1. The number of tetrazole rings is 1. The van der Waals surface area contributed by atoms with Crippen molar-refractivity contribution < 1.29 is 19.2 Å². The number of nitrogens with two attached hydrogens (primary N) is 2. The lowest BCUT2D eigenvalue weighted by Gasteiger charge is -2.35. The van der Waals surface area contributed by atoms with Gasteiger partial charge in [0, 0.05) is 11.4 Å². The standard InChI is InChI=1S/C28H33N9O4/c1-17-10-11-21-22(18-6-3-2-4-7-18)14-24(26(40)35(15-25(29)39)23(21)12-17)37(27(30)41)20-9-5-8-19(13-20)36(16-38)28-31-33-34-32-28/h5,8-13,16,18,22,24H,2-4,6-7,14-15H2,1H3,(H2,29,39)(H2,30,41)(H,31,32,33,34). The molecule has 5 amide bonds. The summed E-state index contributed by atoms with van der Waals surface area (Å²) in [6, 6.07) is 10.5. The van der Waals surface area contributed by atoms with Crippen LogP contribution in [0.4, 0.5) is 27.8 Å². The maximum absolute atomic E-state index is 14.3. The lowest BCUT2D eigenvalue weighted by molar-refractivity contribution is -0.123. The van der Waals surface area contributed by atoms with Crippen LogP contribution in [0.5, 0.6) is 0 Å². The van der Waals surface area contributed by atoms with Crippen molar-refractivity contribution in [1.82, 2.24) is 20.6 Å². The molecule has 13 nitrogen and oxygen atoms in total. The number of amides is 5. The number of H-pyrrole nitrogens is 1. The molecule has 3 aromatic rings. The van der Waals surface area contributed by atoms with Crippen LogP contribution in [0.3, 0.4) is 0 Å². The van der Waals surface area contributed by atoms with Crippen molar-refractivity contribution in [3.8, 4) is 0 Å². The summed E-state index contributed by atoms with van der Waals surface area (Å²) in [4.78, 5) is 55.4. The molecule has 13 heteroatoms. The Morgan fingerprint density at radius 1 is 1.10 bits per heavy atom. The molecule has 2 aromatic carbocycles. The average Bonchev–Trinajstić information content (AvgIpc) is 3.46. The van der Waals surface area contributed by atoms with Gasteiger partial charge in [0.2, 0.25) is 12.3 Å². The zero-order valence-electron chi connectivity index (χ0n) is 22.8. The Morgan fingerprint density at radius 3 is 2.51 bits per heavy atom. The zero-order chi connectivity index (χ0) is 29.1. The number of fused-ring (bicyclic) bond motifs is 1. The first kappa shape index (κ1) is 27.7. The first-order valence-electron chi connectivity index (χ1n) is 13.7. The fraction of sp³-hybridized carbons (Fsp3) is 0.393. The third-order valence-corrected chi connectivity index (χ3v) is 8.04. The van der Waals surface area contributed by atoms with Gasteiger partial charge in [-0.2, -0.15) is 0 Å². The number of carbonyl (C=O) groups is 4. The van der Waals surface area contributed by atoms with Gasteiger partial charge in [-0.3, -0.25) is 24.2 Å². The second kappa shape index (κ2) is 11.7. The average molecular weight is 560 g/mol. The molecule has 0 spiro atoms. The quantitative estimate of drug-likeness (QED) is 0.354. The summed E-state index contributed by atoms with van der Waals surface area (Å²) in [5.41, 5.74) is 14.8. The van der Waals surface area contributed by atoms with Gasteiger partial charge in [-0.05, 0) is 83.8 Å². The van der Waals surface area contributed by atoms with Gasteiger partial charge < -0.3 is 16.4 Å². The largest absolute Gasteiger partial charge is 0.368 e. The van der Waals surface area contributed by atoms with E-state index in [1.54, 1.807) is 24.3 Å². The number of hydrogen-bond acceptors (Lipinski definition) is 7. The molecule has 41 heavy (non-hydrogen) atoms. The minimum absolute atomic E-state index is 0.0606. The van der Waals surface area contributed by atoms with E-state index in [1.165, 1.54) is 14.7 Å². The van der Waals surface area contributed by atoms with Crippen LogP contribution in [0.15, 0.2) is 42.5 Å². The summed E-state index contributed by atoms with van der Waals surface area (Å²) in [5, 5.41) is 13.3. The molecule has 0 saturated heterocycles. The molecule has 2 atom stereocenters. The molecule has 2 aliphatic rings. The summed E-state index contributed by atoms with van der Waals surface area (Å²) in [6.07, 6.45) is 6.18. The number of primary amides is 2. The Hall–Kier alpha value is -4.81. The maximum atomic E-state index is 14.3. The van der Waals surface area contributed by atoms with E-state index in [9.17, 15) is 19.2 Å². The topological polar surface area (TPSA) is 184 Å². The van der Waals surface area contributed by atoms with E-state index in [0.717, 1.165) is 43.2 Å². The number of anilines is 4. The number of hydrogen-bond donors (Lipinski definition) is 3. The van der Waals surface area contributed by atoms with Crippen molar-refractivity contribution >= 4 is 47.3 Å². The Morgan fingerprint density at radius 2 is 1.85 bits per heavy atom. The monoisotopic (exact) mass is 559 g/mol. The minimum Gasteiger partial charge on any atom is -0.368 e. The van der Waals surface area contributed by atoms with Crippen LogP contribution in [0.2, 0.25) is 0 Å². The summed E-state index contributed by atoms with van der Waals surface area (Å²) >= 11 is 0. The predicted molar refractivity (Wildman–Crippen MR) is 151 cm³/mol. The van der Waals surface area contributed by atoms with Gasteiger partial charge in [-0.15, -0.1) is 0 Å². The number of benzene rings is 2. The maximum Gasteiger partial charge on any atom is 0.320 e. The van der Waals surface area contributed by atoms with E-state index in [2.05, 4.69) is 20.6 Å². The number of nitrogens with one attached hydrogen (secondary N) is 1. The van der Waals surface area contributed by atoms with Gasteiger partial charge in [0.05, 0.1) is 5.69 Å². The normalized spacial score (nSPS) is 19.2. The first-order chi connectivity index (χ1) is 19.8. The number of aromatic nitrogens is 4. The van der Waals surface area contributed by atoms with Gasteiger partial charge in [0.15, 0.2) is 0 Å². The molecule has 1 aliphatic heterocycles. The lowest BCUT2D eigenvalue weighted by atomic mass is 9.74. The van der Waals surface area contributed by atoms with E-state index in [0.29, 0.717) is 35.8 Å². The van der Waals surface area contributed by atoms with E-state index < -0.39 is 23.9 Å². The van der Waals surface area contributed by atoms with E-state index in [1.807, 2.05) is 25.1 Å². The van der Waals surface area contributed by atoms with E-state index >= 15 is 0 Å². The molecule has 0 radical (unpaired) electrons. The highest BCUT2D eigenvalue weighted by Gasteiger charge is 2.43. The van der Waals surface area contributed by atoms with Crippen molar-refractivity contribution in [2.24, 2.45) is 17.4 Å². The molecule has 1 aliphatic carbocycles. The van der Waals surface area contributed by atoms with Crippen molar-refractivity contribution in [1.29, 1.82) is 0 Å². The molecular formula is C28H33N9O4. The van der Waals surface area contributed by atoms with Crippen molar-refractivity contribution in [3.63, 3.8) is 0 Å². The molecule has 0 bridgehead atoms. The fourth-order valence-corrected chi connectivity index (χ4v) is 6.23. The van der Waals surface area contributed by atoms with Crippen LogP contribution < -0.4 is 26.2 Å².